The lowest BCUT2D eigenvalue weighted by Crippen LogP contribution is -2.05. The standard InChI is InChI=1S/C8H9N3O2/c1-4-13-8(12)6-5(2)10-11-7(6)9-3/h4H2,1-2H3,(H,10,11). The number of nitrogens with one attached hydrogen (secondary N) is 1. The van der Waals surface area contributed by atoms with E-state index in [0.29, 0.717) is 12.3 Å². The van der Waals surface area contributed by atoms with Crippen molar-refractivity contribution in [1.82, 2.24) is 10.2 Å². The second kappa shape index (κ2) is 3.72. The van der Waals surface area contributed by atoms with Crippen molar-refractivity contribution in [2.45, 2.75) is 13.8 Å². The van der Waals surface area contributed by atoms with Gasteiger partial charge in [-0.1, -0.05) is 6.57 Å². The molecule has 0 saturated carbocycles. The van der Waals surface area contributed by atoms with Gasteiger partial charge >= 0.3 is 11.8 Å². The summed E-state index contributed by atoms with van der Waals surface area (Å²) in [6.45, 7) is 10.4. The molecule has 13 heavy (non-hydrogen) atoms. The van der Waals surface area contributed by atoms with Crippen LogP contribution in [0.4, 0.5) is 5.82 Å². The molecule has 0 aliphatic carbocycles. The topological polar surface area (TPSA) is 59.3 Å². The fourth-order valence-electron chi connectivity index (χ4n) is 0.945. The van der Waals surface area contributed by atoms with Crippen molar-refractivity contribution in [2.75, 3.05) is 6.61 Å². The van der Waals surface area contributed by atoms with E-state index < -0.39 is 5.97 Å². The number of rotatable bonds is 2. The number of nitrogens with zero attached hydrogens (tertiary/aromatic N) is 2. The summed E-state index contributed by atoms with van der Waals surface area (Å²) in [5.74, 6) is -0.435. The number of esters is 1. The minimum Gasteiger partial charge on any atom is -0.463 e. The first-order chi connectivity index (χ1) is 6.20. The number of aromatic amines is 1. The minimum atomic E-state index is -0.500. The molecule has 1 heterocycles. The van der Waals surface area contributed by atoms with Gasteiger partial charge in [-0.25, -0.2) is 9.89 Å². The third-order valence-corrected chi connectivity index (χ3v) is 1.51. The maximum absolute atomic E-state index is 11.3. The highest BCUT2D eigenvalue weighted by Gasteiger charge is 2.19. The van der Waals surface area contributed by atoms with Crippen LogP contribution < -0.4 is 0 Å². The lowest BCUT2D eigenvalue weighted by atomic mass is 10.2. The fourth-order valence-corrected chi connectivity index (χ4v) is 0.945. The maximum atomic E-state index is 11.3. The molecule has 0 aromatic carbocycles. The molecular formula is C8H9N3O2. The Morgan fingerprint density at radius 2 is 2.46 bits per heavy atom. The number of carbonyl (C=O) groups excluding carboxylic acids is 1. The van der Waals surface area contributed by atoms with Crippen LogP contribution in [0.3, 0.4) is 0 Å². The number of hydrogen-bond donors (Lipinski definition) is 1. The van der Waals surface area contributed by atoms with E-state index in [9.17, 15) is 4.79 Å². The number of aromatic nitrogens is 2. The van der Waals surface area contributed by atoms with Crippen molar-refractivity contribution in [3.05, 3.63) is 22.7 Å². The van der Waals surface area contributed by atoms with Gasteiger partial charge in [0.05, 0.1) is 12.3 Å². The number of H-pyrrole nitrogens is 1. The van der Waals surface area contributed by atoms with Gasteiger partial charge in [-0.15, -0.1) is 0 Å². The third-order valence-electron chi connectivity index (χ3n) is 1.51. The molecule has 0 aliphatic rings. The van der Waals surface area contributed by atoms with Crippen LogP contribution in [0.1, 0.15) is 23.0 Å². The number of ether oxygens (including phenoxy) is 1. The van der Waals surface area contributed by atoms with Crippen LogP contribution in [0, 0.1) is 13.5 Å². The summed E-state index contributed by atoms with van der Waals surface area (Å²) in [6.07, 6.45) is 0. The van der Waals surface area contributed by atoms with Gasteiger partial charge in [0.25, 0.3) is 0 Å². The molecule has 5 nitrogen and oxygen atoms in total. The Morgan fingerprint density at radius 1 is 1.77 bits per heavy atom. The highest BCUT2D eigenvalue weighted by atomic mass is 16.5. The van der Waals surface area contributed by atoms with Crippen LogP contribution in [0.25, 0.3) is 4.85 Å². The lowest BCUT2D eigenvalue weighted by molar-refractivity contribution is 0.0527. The van der Waals surface area contributed by atoms with Crippen LogP contribution >= 0.6 is 0 Å². The molecule has 0 fully saturated rings. The predicted molar refractivity (Wildman–Crippen MR) is 45.5 cm³/mol. The lowest BCUT2D eigenvalue weighted by Gasteiger charge is -1.99. The molecule has 0 bridgehead atoms. The van der Waals surface area contributed by atoms with Gasteiger partial charge in [0.15, 0.2) is 0 Å². The molecule has 0 spiro atoms. The van der Waals surface area contributed by atoms with E-state index >= 15 is 0 Å². The summed E-state index contributed by atoms with van der Waals surface area (Å²) < 4.78 is 4.77. The summed E-state index contributed by atoms with van der Waals surface area (Å²) in [5.41, 5.74) is 0.793. The Hall–Kier alpha value is -1.83. The van der Waals surface area contributed by atoms with Gasteiger partial charge in [-0.05, 0) is 18.9 Å². The summed E-state index contributed by atoms with van der Waals surface area (Å²) in [7, 11) is 0. The normalized spacial score (nSPS) is 9.31. The van der Waals surface area contributed by atoms with Crippen molar-refractivity contribution in [1.29, 1.82) is 0 Å². The largest absolute Gasteiger partial charge is 0.463 e. The van der Waals surface area contributed by atoms with Gasteiger partial charge in [0, 0.05) is 0 Å². The third kappa shape index (κ3) is 1.67. The monoisotopic (exact) mass is 179 g/mol. The summed E-state index contributed by atoms with van der Waals surface area (Å²) >= 11 is 0. The van der Waals surface area contributed by atoms with Gasteiger partial charge in [0.2, 0.25) is 0 Å². The Balaban J connectivity index is 3.05. The molecule has 1 N–H and O–H groups in total. The van der Waals surface area contributed by atoms with E-state index in [-0.39, 0.29) is 11.4 Å². The molecule has 0 amide bonds. The molecule has 0 aliphatic heterocycles. The van der Waals surface area contributed by atoms with E-state index in [1.807, 2.05) is 0 Å². The van der Waals surface area contributed by atoms with Gasteiger partial charge in [-0.3, -0.25) is 0 Å². The number of carbonyl (C=O) groups is 1. The molecule has 68 valence electrons. The van der Waals surface area contributed by atoms with Crippen molar-refractivity contribution in [2.24, 2.45) is 0 Å². The smallest absolute Gasteiger partial charge is 0.331 e. The summed E-state index contributed by atoms with van der Waals surface area (Å²) in [6, 6.07) is 0. The Morgan fingerprint density at radius 3 is 3.00 bits per heavy atom. The van der Waals surface area contributed by atoms with Gasteiger partial charge < -0.3 is 9.58 Å². The molecule has 1 aromatic heterocycles. The summed E-state index contributed by atoms with van der Waals surface area (Å²) in [4.78, 5) is 14.4. The quantitative estimate of drug-likeness (QED) is 0.552. The molecule has 1 aromatic rings. The fraction of sp³-hybridized carbons (Fsp3) is 0.375. The second-order valence-corrected chi connectivity index (χ2v) is 2.38. The van der Waals surface area contributed by atoms with Gasteiger partial charge in [0.1, 0.15) is 5.56 Å². The molecular weight excluding hydrogens is 170 g/mol. The first-order valence-corrected chi connectivity index (χ1v) is 3.80. The van der Waals surface area contributed by atoms with Crippen LogP contribution in [-0.4, -0.2) is 22.8 Å². The second-order valence-electron chi connectivity index (χ2n) is 2.38. The molecule has 0 unspecified atom stereocenters. The van der Waals surface area contributed by atoms with Crippen molar-refractivity contribution in [3.63, 3.8) is 0 Å². The number of hydrogen-bond acceptors (Lipinski definition) is 3. The summed E-state index contributed by atoms with van der Waals surface area (Å²) in [5, 5.41) is 6.22. The van der Waals surface area contributed by atoms with Gasteiger partial charge in [-0.2, -0.15) is 0 Å². The molecule has 5 heteroatoms. The SMILES string of the molecule is [C-]#[N+]c1n[nH]c(C)c1C(=O)OCC. The van der Waals surface area contributed by atoms with Crippen LogP contribution in [0.15, 0.2) is 0 Å². The van der Waals surface area contributed by atoms with Crippen molar-refractivity contribution >= 4 is 11.8 Å². The van der Waals surface area contributed by atoms with E-state index in [4.69, 9.17) is 11.3 Å². The van der Waals surface area contributed by atoms with Crippen LogP contribution in [0.5, 0.6) is 0 Å². The zero-order valence-electron chi connectivity index (χ0n) is 7.42. The average Bonchev–Trinajstić information content (AvgIpc) is 2.47. The first-order valence-electron chi connectivity index (χ1n) is 3.80. The van der Waals surface area contributed by atoms with E-state index in [1.165, 1.54) is 0 Å². The number of aryl methyl sites for hydroxylation is 1. The highest BCUT2D eigenvalue weighted by Crippen LogP contribution is 2.19. The first kappa shape index (κ1) is 9.26. The van der Waals surface area contributed by atoms with E-state index in [2.05, 4.69) is 15.0 Å². The van der Waals surface area contributed by atoms with E-state index in [0.717, 1.165) is 0 Å². The molecule has 0 saturated heterocycles. The molecule has 0 radical (unpaired) electrons. The average molecular weight is 179 g/mol. The van der Waals surface area contributed by atoms with Crippen molar-refractivity contribution < 1.29 is 9.53 Å². The molecule has 0 atom stereocenters. The maximum Gasteiger partial charge on any atom is 0.331 e. The van der Waals surface area contributed by atoms with Crippen LogP contribution in [-0.2, 0) is 4.74 Å². The van der Waals surface area contributed by atoms with Crippen molar-refractivity contribution in [3.8, 4) is 0 Å². The zero-order chi connectivity index (χ0) is 9.84. The minimum absolute atomic E-state index is 0.0657. The Bertz CT molecular complexity index is 362. The Kier molecular flexibility index (Phi) is 2.65. The van der Waals surface area contributed by atoms with Crippen LogP contribution in [0.2, 0.25) is 0 Å². The van der Waals surface area contributed by atoms with E-state index in [1.54, 1.807) is 13.8 Å². The zero-order valence-corrected chi connectivity index (χ0v) is 7.42. The Labute approximate surface area is 75.5 Å². The highest BCUT2D eigenvalue weighted by molar-refractivity contribution is 5.96. The molecule has 1 rings (SSSR count). The predicted octanol–water partition coefficient (Wildman–Crippen LogP) is 1.45.